The van der Waals surface area contributed by atoms with E-state index in [1.54, 1.807) is 0 Å². The molecule has 2 heterocycles. The zero-order valence-electron chi connectivity index (χ0n) is 3.60. The van der Waals surface area contributed by atoms with Crippen LogP contribution in [0.4, 0.5) is 0 Å². The molecule has 2 fully saturated rings. The van der Waals surface area contributed by atoms with Crippen molar-refractivity contribution in [1.29, 1.82) is 0 Å². The van der Waals surface area contributed by atoms with Crippen molar-refractivity contribution in [3.8, 4) is 0 Å². The van der Waals surface area contributed by atoms with Crippen LogP contribution in [0.5, 0.6) is 0 Å². The van der Waals surface area contributed by atoms with E-state index in [9.17, 15) is 0 Å². The maximum absolute atomic E-state index is 2.35. The molecule has 0 N–H and O–H groups in total. The number of fused-ring (bicyclic) bond motifs is 1. The van der Waals surface area contributed by atoms with Crippen LogP contribution in [0.1, 0.15) is 6.92 Å². The van der Waals surface area contributed by atoms with Crippen molar-refractivity contribution < 1.29 is 0 Å². The summed E-state index contributed by atoms with van der Waals surface area (Å²) in [4.78, 5) is 0. The van der Waals surface area contributed by atoms with Gasteiger partial charge in [-0.25, -0.2) is 0 Å². The molecule has 0 spiro atoms. The molecule has 2 aliphatic rings. The molecule has 2 aliphatic heterocycles. The highest BCUT2D eigenvalue weighted by molar-refractivity contribution is 8.28. The maximum Gasteiger partial charge on any atom is 0.0661 e. The summed E-state index contributed by atoms with van der Waals surface area (Å²) in [5.41, 5.74) is 0. The summed E-state index contributed by atoms with van der Waals surface area (Å²) in [6, 6.07) is 0. The van der Waals surface area contributed by atoms with Crippen LogP contribution in [0.25, 0.3) is 0 Å². The van der Waals surface area contributed by atoms with E-state index in [0.717, 1.165) is 9.33 Å². The summed E-state index contributed by atoms with van der Waals surface area (Å²) in [7, 11) is 0. The Bertz CT molecular complexity index is 87.5. The second-order valence-corrected chi connectivity index (χ2v) is 5.10. The van der Waals surface area contributed by atoms with Crippen LogP contribution in [0.3, 0.4) is 0 Å². The highest BCUT2D eigenvalue weighted by Crippen LogP contribution is 2.69. The average molecular weight is 118 g/mol. The van der Waals surface area contributed by atoms with Crippen molar-refractivity contribution >= 4 is 23.5 Å². The fourth-order valence-corrected chi connectivity index (χ4v) is 3.88. The van der Waals surface area contributed by atoms with E-state index in [0.29, 0.717) is 0 Å². The van der Waals surface area contributed by atoms with Crippen molar-refractivity contribution in [2.75, 3.05) is 5.75 Å². The lowest BCUT2D eigenvalue weighted by Crippen LogP contribution is -2.20. The molecule has 0 aromatic heterocycles. The first-order chi connectivity index (χ1) is 2.81. The monoisotopic (exact) mass is 118 g/mol. The predicted octanol–water partition coefficient (Wildman–Crippen LogP) is 1.56. The molecule has 0 amide bonds. The van der Waals surface area contributed by atoms with Gasteiger partial charge in [0, 0.05) is 10.5 Å². The Hall–Kier alpha value is 0.700. The maximum atomic E-state index is 2.35. The minimum absolute atomic E-state index is 0.769. The molecule has 0 aromatic carbocycles. The van der Waals surface area contributed by atoms with E-state index in [4.69, 9.17) is 0 Å². The fraction of sp³-hybridized carbons (Fsp3) is 1.00. The van der Waals surface area contributed by atoms with E-state index in [1.807, 2.05) is 0 Å². The Balaban J connectivity index is 2.22. The lowest BCUT2D eigenvalue weighted by molar-refractivity contribution is 0.851. The van der Waals surface area contributed by atoms with Gasteiger partial charge in [-0.05, 0) is 6.92 Å². The van der Waals surface area contributed by atoms with Crippen LogP contribution in [0, 0.1) is 0 Å². The summed E-state index contributed by atoms with van der Waals surface area (Å²) < 4.78 is 1.78. The van der Waals surface area contributed by atoms with Gasteiger partial charge in [0.1, 0.15) is 0 Å². The minimum atomic E-state index is 0.769. The van der Waals surface area contributed by atoms with Gasteiger partial charge in [0.15, 0.2) is 0 Å². The van der Waals surface area contributed by atoms with Crippen molar-refractivity contribution in [1.82, 2.24) is 0 Å². The number of hydrogen-bond acceptors (Lipinski definition) is 2. The van der Waals surface area contributed by atoms with Crippen molar-refractivity contribution in [2.24, 2.45) is 0 Å². The summed E-state index contributed by atoms with van der Waals surface area (Å²) in [6.45, 7) is 2.35. The van der Waals surface area contributed by atoms with Gasteiger partial charge < -0.3 is 0 Å². The molecule has 2 unspecified atom stereocenters. The summed E-state index contributed by atoms with van der Waals surface area (Å²) >= 11 is 4.22. The van der Waals surface area contributed by atoms with Gasteiger partial charge in [0.2, 0.25) is 0 Å². The third-order valence-electron chi connectivity index (χ3n) is 1.34. The zero-order valence-corrected chi connectivity index (χ0v) is 5.23. The van der Waals surface area contributed by atoms with Crippen molar-refractivity contribution in [3.63, 3.8) is 0 Å². The van der Waals surface area contributed by atoms with Gasteiger partial charge in [-0.2, -0.15) is 0 Å². The lowest BCUT2D eigenvalue weighted by atomic mass is 10.2. The molecule has 2 atom stereocenters. The normalized spacial score (nSPS) is 62.5. The molecule has 0 radical (unpaired) electrons. The Kier molecular flexibility index (Phi) is 0.478. The summed E-state index contributed by atoms with van der Waals surface area (Å²) in [5.74, 6) is 1.41. The topological polar surface area (TPSA) is 0 Å². The quantitative estimate of drug-likeness (QED) is 0.443. The second kappa shape index (κ2) is 0.781. The van der Waals surface area contributed by atoms with Gasteiger partial charge in [-0.1, -0.05) is 0 Å². The van der Waals surface area contributed by atoms with E-state index < -0.39 is 0 Å². The van der Waals surface area contributed by atoms with E-state index in [2.05, 4.69) is 30.4 Å². The van der Waals surface area contributed by atoms with Gasteiger partial charge in [0.25, 0.3) is 0 Å². The van der Waals surface area contributed by atoms with Crippen LogP contribution in [0.15, 0.2) is 0 Å². The first-order valence-electron chi connectivity index (χ1n) is 2.11. The van der Waals surface area contributed by atoms with Crippen LogP contribution < -0.4 is 0 Å². The van der Waals surface area contributed by atoms with Crippen LogP contribution >= 0.6 is 23.5 Å². The average Bonchev–Trinajstić information content (AvgIpc) is 1.88. The molecule has 2 saturated heterocycles. The third-order valence-corrected chi connectivity index (χ3v) is 5.36. The largest absolute Gasteiger partial charge is 0.145 e. The Morgan fingerprint density at radius 1 is 1.83 bits per heavy atom. The molecule has 34 valence electrons. The smallest absolute Gasteiger partial charge is 0.0661 e. The molecule has 6 heavy (non-hydrogen) atoms. The molecule has 2 rings (SSSR count). The minimum Gasteiger partial charge on any atom is -0.145 e. The Morgan fingerprint density at radius 3 is 2.50 bits per heavy atom. The fourth-order valence-electron chi connectivity index (χ4n) is 0.665. The van der Waals surface area contributed by atoms with Gasteiger partial charge >= 0.3 is 0 Å². The first-order valence-corrected chi connectivity index (χ1v) is 4.03. The molecule has 0 aliphatic carbocycles. The lowest BCUT2D eigenvalue weighted by Gasteiger charge is -2.14. The van der Waals surface area contributed by atoms with Gasteiger partial charge in [-0.15, -0.1) is 23.5 Å². The summed E-state index contributed by atoms with van der Waals surface area (Å²) in [6.07, 6.45) is 0. The molecule has 0 nitrogen and oxygen atoms in total. The standard InChI is InChI=1S/C4H6S2/c1-4-2-5-3(4)6-4/h3H,2H2,1H3. The highest BCUT2D eigenvalue weighted by atomic mass is 32.2. The van der Waals surface area contributed by atoms with E-state index in [1.165, 1.54) is 5.75 Å². The SMILES string of the molecule is CC12CSC1S2. The molecule has 0 saturated carbocycles. The van der Waals surface area contributed by atoms with E-state index in [-0.39, 0.29) is 0 Å². The van der Waals surface area contributed by atoms with Gasteiger partial charge in [-0.3, -0.25) is 0 Å². The second-order valence-electron chi connectivity index (χ2n) is 2.07. The molecule has 2 heteroatoms. The molecular weight excluding hydrogens is 112 g/mol. The zero-order chi connectivity index (χ0) is 4.20. The molecular formula is C4H6S2. The van der Waals surface area contributed by atoms with E-state index >= 15 is 0 Å². The predicted molar refractivity (Wildman–Crippen MR) is 32.2 cm³/mol. The van der Waals surface area contributed by atoms with Crippen LogP contribution in [0.2, 0.25) is 0 Å². The summed E-state index contributed by atoms with van der Waals surface area (Å²) in [5, 5.41) is 0. The first kappa shape index (κ1) is 3.67. The van der Waals surface area contributed by atoms with Gasteiger partial charge in [0.05, 0.1) is 4.58 Å². The van der Waals surface area contributed by atoms with Crippen LogP contribution in [-0.2, 0) is 0 Å². The Morgan fingerprint density at radius 2 is 2.50 bits per heavy atom. The van der Waals surface area contributed by atoms with Crippen molar-refractivity contribution in [3.05, 3.63) is 0 Å². The third kappa shape index (κ3) is 0.261. The molecule has 0 bridgehead atoms. The van der Waals surface area contributed by atoms with Crippen LogP contribution in [-0.4, -0.2) is 15.1 Å². The van der Waals surface area contributed by atoms with Crippen molar-refractivity contribution in [2.45, 2.75) is 16.3 Å². The number of thioether (sulfide) groups is 2. The highest BCUT2D eigenvalue weighted by Gasteiger charge is 2.59. The Labute approximate surface area is 46.1 Å². The number of rotatable bonds is 0. The molecule has 0 aromatic rings. The number of hydrogen-bond donors (Lipinski definition) is 0.